The van der Waals surface area contributed by atoms with Gasteiger partial charge >= 0.3 is 0 Å². The topological polar surface area (TPSA) is 72.2 Å². The van der Waals surface area contributed by atoms with E-state index >= 15 is 0 Å². The molecule has 0 radical (unpaired) electrons. The molecule has 1 saturated carbocycles. The Hall–Kier alpha value is -0.910. The standard InChI is InChI=1S/C10H14N2O2S/c1-7-4-2-3-5-10(7)15(13,14)12-9-6-8(9)11/h2-5,8-9,12H,6,11H2,1H3. The summed E-state index contributed by atoms with van der Waals surface area (Å²) in [6, 6.07) is 6.80. The van der Waals surface area contributed by atoms with Crippen molar-refractivity contribution in [3.05, 3.63) is 29.8 Å². The summed E-state index contributed by atoms with van der Waals surface area (Å²) in [5.74, 6) is 0. The molecule has 2 rings (SSSR count). The fraction of sp³-hybridized carbons (Fsp3) is 0.400. The van der Waals surface area contributed by atoms with Crippen molar-refractivity contribution < 1.29 is 8.42 Å². The van der Waals surface area contributed by atoms with Crippen LogP contribution in [0.2, 0.25) is 0 Å². The summed E-state index contributed by atoms with van der Waals surface area (Å²) in [5.41, 5.74) is 6.31. The number of sulfonamides is 1. The monoisotopic (exact) mass is 226 g/mol. The van der Waals surface area contributed by atoms with Gasteiger partial charge in [-0.2, -0.15) is 0 Å². The second-order valence-corrected chi connectivity index (χ2v) is 5.58. The van der Waals surface area contributed by atoms with Crippen molar-refractivity contribution in [1.82, 2.24) is 4.72 Å². The summed E-state index contributed by atoms with van der Waals surface area (Å²) in [7, 11) is -3.39. The van der Waals surface area contributed by atoms with Gasteiger partial charge in [0, 0.05) is 12.1 Å². The van der Waals surface area contributed by atoms with Crippen LogP contribution in [-0.4, -0.2) is 20.5 Å². The molecule has 0 aromatic heterocycles. The molecular weight excluding hydrogens is 212 g/mol. The van der Waals surface area contributed by atoms with Crippen molar-refractivity contribution in [2.45, 2.75) is 30.3 Å². The largest absolute Gasteiger partial charge is 0.326 e. The number of hydrogen-bond donors (Lipinski definition) is 2. The van der Waals surface area contributed by atoms with Crippen LogP contribution < -0.4 is 10.5 Å². The van der Waals surface area contributed by atoms with Gasteiger partial charge in [-0.1, -0.05) is 18.2 Å². The van der Waals surface area contributed by atoms with Crippen LogP contribution in [0.4, 0.5) is 0 Å². The van der Waals surface area contributed by atoms with Crippen molar-refractivity contribution in [3.63, 3.8) is 0 Å². The van der Waals surface area contributed by atoms with Gasteiger partial charge in [-0.3, -0.25) is 0 Å². The van der Waals surface area contributed by atoms with Gasteiger partial charge in [-0.05, 0) is 25.0 Å². The normalized spacial score (nSPS) is 25.2. The Kier molecular flexibility index (Phi) is 2.54. The van der Waals surface area contributed by atoms with Gasteiger partial charge in [-0.15, -0.1) is 0 Å². The number of nitrogens with two attached hydrogens (primary N) is 1. The predicted octanol–water partition coefficient (Wildman–Crippen LogP) is 0.373. The molecule has 1 fully saturated rings. The Balaban J connectivity index is 2.26. The lowest BCUT2D eigenvalue weighted by Crippen LogP contribution is -2.30. The van der Waals surface area contributed by atoms with E-state index in [9.17, 15) is 8.42 Å². The first-order valence-corrected chi connectivity index (χ1v) is 6.32. The van der Waals surface area contributed by atoms with Gasteiger partial charge in [0.25, 0.3) is 0 Å². The average molecular weight is 226 g/mol. The molecule has 0 spiro atoms. The summed E-state index contributed by atoms with van der Waals surface area (Å²) in [6.07, 6.45) is 0.727. The van der Waals surface area contributed by atoms with Gasteiger partial charge in [0.1, 0.15) is 0 Å². The molecule has 3 N–H and O–H groups in total. The quantitative estimate of drug-likeness (QED) is 0.782. The van der Waals surface area contributed by atoms with Crippen LogP contribution in [0, 0.1) is 6.92 Å². The van der Waals surface area contributed by atoms with Gasteiger partial charge in [0.2, 0.25) is 10.0 Å². The van der Waals surface area contributed by atoms with Crippen LogP contribution in [0.1, 0.15) is 12.0 Å². The highest BCUT2D eigenvalue weighted by molar-refractivity contribution is 7.89. The molecule has 4 nitrogen and oxygen atoms in total. The summed E-state index contributed by atoms with van der Waals surface area (Å²) < 4.78 is 26.3. The Morgan fingerprint density at radius 2 is 2.00 bits per heavy atom. The summed E-state index contributed by atoms with van der Waals surface area (Å²) in [6.45, 7) is 1.78. The van der Waals surface area contributed by atoms with Crippen molar-refractivity contribution in [1.29, 1.82) is 0 Å². The molecular formula is C10H14N2O2S. The molecule has 82 valence electrons. The Morgan fingerprint density at radius 3 is 2.53 bits per heavy atom. The van der Waals surface area contributed by atoms with E-state index < -0.39 is 10.0 Å². The molecule has 1 aliphatic rings. The van der Waals surface area contributed by atoms with Crippen molar-refractivity contribution in [3.8, 4) is 0 Å². The zero-order chi connectivity index (χ0) is 11.1. The molecule has 1 aromatic rings. The van der Waals surface area contributed by atoms with Gasteiger partial charge in [0.15, 0.2) is 0 Å². The Bertz CT molecular complexity index is 470. The van der Waals surface area contributed by atoms with Crippen molar-refractivity contribution in [2.24, 2.45) is 5.73 Å². The minimum Gasteiger partial charge on any atom is -0.326 e. The fourth-order valence-corrected chi connectivity index (χ4v) is 3.02. The molecule has 0 aliphatic heterocycles. The molecule has 0 heterocycles. The minimum absolute atomic E-state index is 0.0243. The smallest absolute Gasteiger partial charge is 0.241 e. The van der Waals surface area contributed by atoms with Gasteiger partial charge < -0.3 is 5.73 Å². The summed E-state index contributed by atoms with van der Waals surface area (Å²) in [4.78, 5) is 0.337. The first-order valence-electron chi connectivity index (χ1n) is 4.84. The SMILES string of the molecule is Cc1ccccc1S(=O)(=O)NC1CC1N. The fourth-order valence-electron chi connectivity index (χ4n) is 1.47. The van der Waals surface area contributed by atoms with Crippen LogP contribution in [0.15, 0.2) is 29.2 Å². The van der Waals surface area contributed by atoms with Crippen molar-refractivity contribution in [2.75, 3.05) is 0 Å². The first kappa shape index (κ1) is 10.6. The highest BCUT2D eigenvalue weighted by Gasteiger charge is 2.37. The van der Waals surface area contributed by atoms with Gasteiger partial charge in [0.05, 0.1) is 4.90 Å². The lowest BCUT2D eigenvalue weighted by atomic mass is 10.2. The third-order valence-electron chi connectivity index (χ3n) is 2.53. The maximum Gasteiger partial charge on any atom is 0.241 e. The predicted molar refractivity (Wildman–Crippen MR) is 57.9 cm³/mol. The van der Waals surface area contributed by atoms with E-state index in [1.165, 1.54) is 0 Å². The minimum atomic E-state index is -3.39. The van der Waals surface area contributed by atoms with E-state index in [2.05, 4.69) is 4.72 Å². The summed E-state index contributed by atoms with van der Waals surface area (Å²) in [5, 5.41) is 0. The number of benzene rings is 1. The zero-order valence-electron chi connectivity index (χ0n) is 8.47. The van der Waals surface area contributed by atoms with Crippen LogP contribution in [-0.2, 0) is 10.0 Å². The molecule has 0 bridgehead atoms. The van der Waals surface area contributed by atoms with Crippen LogP contribution in [0.5, 0.6) is 0 Å². The van der Waals surface area contributed by atoms with Gasteiger partial charge in [-0.25, -0.2) is 13.1 Å². The number of aryl methyl sites for hydroxylation is 1. The molecule has 1 aromatic carbocycles. The second-order valence-electron chi connectivity index (χ2n) is 3.89. The Morgan fingerprint density at radius 1 is 1.40 bits per heavy atom. The maximum absolute atomic E-state index is 11.9. The highest BCUT2D eigenvalue weighted by Crippen LogP contribution is 2.22. The van der Waals surface area contributed by atoms with E-state index in [0.29, 0.717) is 4.90 Å². The molecule has 0 amide bonds. The first-order chi connectivity index (χ1) is 7.00. The molecule has 5 heteroatoms. The molecule has 2 unspecified atom stereocenters. The van der Waals surface area contributed by atoms with Crippen molar-refractivity contribution >= 4 is 10.0 Å². The lowest BCUT2D eigenvalue weighted by molar-refractivity contribution is 0.579. The molecule has 15 heavy (non-hydrogen) atoms. The number of hydrogen-bond acceptors (Lipinski definition) is 3. The number of nitrogens with one attached hydrogen (secondary N) is 1. The van der Waals surface area contributed by atoms with Crippen LogP contribution in [0.3, 0.4) is 0 Å². The zero-order valence-corrected chi connectivity index (χ0v) is 9.29. The average Bonchev–Trinajstić information content (AvgIpc) is 2.81. The molecule has 1 aliphatic carbocycles. The number of rotatable bonds is 3. The van der Waals surface area contributed by atoms with E-state index in [0.717, 1.165) is 12.0 Å². The van der Waals surface area contributed by atoms with E-state index in [1.54, 1.807) is 25.1 Å². The lowest BCUT2D eigenvalue weighted by Gasteiger charge is -2.07. The molecule has 0 saturated heterocycles. The summed E-state index contributed by atoms with van der Waals surface area (Å²) >= 11 is 0. The maximum atomic E-state index is 11.9. The Labute approximate surface area is 89.5 Å². The van der Waals surface area contributed by atoms with Crippen LogP contribution in [0.25, 0.3) is 0 Å². The molecule has 2 atom stereocenters. The van der Waals surface area contributed by atoms with E-state index in [-0.39, 0.29) is 12.1 Å². The van der Waals surface area contributed by atoms with Crippen LogP contribution >= 0.6 is 0 Å². The third-order valence-corrected chi connectivity index (χ3v) is 4.18. The van der Waals surface area contributed by atoms with E-state index in [1.807, 2.05) is 6.07 Å². The third kappa shape index (κ3) is 2.19. The van der Waals surface area contributed by atoms with E-state index in [4.69, 9.17) is 5.73 Å². The highest BCUT2D eigenvalue weighted by atomic mass is 32.2. The second kappa shape index (κ2) is 3.59.